The highest BCUT2D eigenvalue weighted by atomic mass is 32.2. The highest BCUT2D eigenvalue weighted by molar-refractivity contribution is 7.99. The van der Waals surface area contributed by atoms with E-state index in [1.807, 2.05) is 79.0 Å². The molecule has 7 nitrogen and oxygen atoms in total. The van der Waals surface area contributed by atoms with E-state index in [9.17, 15) is 4.79 Å². The summed E-state index contributed by atoms with van der Waals surface area (Å²) in [6.07, 6.45) is 0. The van der Waals surface area contributed by atoms with Crippen LogP contribution in [-0.2, 0) is 11.3 Å². The lowest BCUT2D eigenvalue weighted by molar-refractivity contribution is -0.113. The largest absolute Gasteiger partial charge is 0.497 e. The molecular formula is C21H25N5O2S. The second kappa shape index (κ2) is 9.47. The summed E-state index contributed by atoms with van der Waals surface area (Å²) in [4.78, 5) is 14.4. The van der Waals surface area contributed by atoms with E-state index in [0.717, 1.165) is 28.5 Å². The van der Waals surface area contributed by atoms with Gasteiger partial charge >= 0.3 is 0 Å². The highest BCUT2D eigenvalue weighted by Gasteiger charge is 2.15. The summed E-state index contributed by atoms with van der Waals surface area (Å²) in [5.74, 6) is 1.70. The van der Waals surface area contributed by atoms with Crippen LogP contribution in [0.25, 0.3) is 11.4 Å². The van der Waals surface area contributed by atoms with Crippen molar-refractivity contribution in [3.8, 4) is 17.1 Å². The Labute approximate surface area is 175 Å². The summed E-state index contributed by atoms with van der Waals surface area (Å²) in [7, 11) is 5.60. The predicted octanol–water partition coefficient (Wildman–Crippen LogP) is 3.77. The minimum absolute atomic E-state index is 0.0822. The summed E-state index contributed by atoms with van der Waals surface area (Å²) in [5.41, 5.74) is 2.78. The Hall–Kier alpha value is -3.00. The van der Waals surface area contributed by atoms with E-state index in [-0.39, 0.29) is 11.7 Å². The predicted molar refractivity (Wildman–Crippen MR) is 118 cm³/mol. The summed E-state index contributed by atoms with van der Waals surface area (Å²) < 4.78 is 7.29. The molecule has 3 rings (SSSR count). The van der Waals surface area contributed by atoms with Crippen molar-refractivity contribution in [1.82, 2.24) is 14.8 Å². The SMILES string of the molecule is CCn1c(SCC(=O)Nc2ccc(N(C)C)cc2)nnc1-c1cccc(OC)c1. The molecule has 0 aliphatic rings. The minimum atomic E-state index is -0.0822. The fraction of sp³-hybridized carbons (Fsp3) is 0.286. The van der Waals surface area contributed by atoms with Crippen LogP contribution < -0.4 is 15.0 Å². The molecule has 3 aromatic rings. The lowest BCUT2D eigenvalue weighted by Gasteiger charge is -2.13. The third kappa shape index (κ3) is 5.08. The van der Waals surface area contributed by atoms with Crippen molar-refractivity contribution in [3.05, 3.63) is 48.5 Å². The number of carbonyl (C=O) groups excluding carboxylic acids is 1. The smallest absolute Gasteiger partial charge is 0.234 e. The van der Waals surface area contributed by atoms with Gasteiger partial charge in [0.15, 0.2) is 11.0 Å². The van der Waals surface area contributed by atoms with Crippen molar-refractivity contribution >= 4 is 29.0 Å². The van der Waals surface area contributed by atoms with Crippen LogP contribution in [0.2, 0.25) is 0 Å². The molecule has 8 heteroatoms. The number of benzene rings is 2. The minimum Gasteiger partial charge on any atom is -0.497 e. The number of anilines is 2. The third-order valence-corrected chi connectivity index (χ3v) is 5.33. The van der Waals surface area contributed by atoms with E-state index < -0.39 is 0 Å². The molecule has 2 aromatic carbocycles. The number of aromatic nitrogens is 3. The van der Waals surface area contributed by atoms with Gasteiger partial charge in [0.2, 0.25) is 5.91 Å². The fourth-order valence-corrected chi connectivity index (χ4v) is 3.63. The van der Waals surface area contributed by atoms with Gasteiger partial charge in [0.25, 0.3) is 0 Å². The quantitative estimate of drug-likeness (QED) is 0.569. The van der Waals surface area contributed by atoms with Crippen LogP contribution in [0.5, 0.6) is 5.75 Å². The third-order valence-electron chi connectivity index (χ3n) is 4.36. The van der Waals surface area contributed by atoms with Gasteiger partial charge in [-0.15, -0.1) is 10.2 Å². The fourth-order valence-electron chi connectivity index (χ4n) is 2.83. The Bertz CT molecular complexity index is 969. The monoisotopic (exact) mass is 411 g/mol. The molecule has 0 aliphatic heterocycles. The zero-order valence-electron chi connectivity index (χ0n) is 17.0. The first-order valence-electron chi connectivity index (χ1n) is 9.29. The van der Waals surface area contributed by atoms with Crippen molar-refractivity contribution in [3.63, 3.8) is 0 Å². The van der Waals surface area contributed by atoms with Gasteiger partial charge in [-0.25, -0.2) is 0 Å². The van der Waals surface area contributed by atoms with E-state index in [1.165, 1.54) is 11.8 Å². The summed E-state index contributed by atoms with van der Waals surface area (Å²) in [6, 6.07) is 15.4. The van der Waals surface area contributed by atoms with E-state index in [1.54, 1.807) is 7.11 Å². The number of amides is 1. The van der Waals surface area contributed by atoms with Gasteiger partial charge in [0, 0.05) is 37.6 Å². The molecule has 1 amide bonds. The Kier molecular flexibility index (Phi) is 6.77. The molecule has 0 unspecified atom stereocenters. The number of ether oxygens (including phenoxy) is 1. The van der Waals surface area contributed by atoms with Crippen LogP contribution in [0.15, 0.2) is 53.7 Å². The molecule has 152 valence electrons. The molecule has 1 N–H and O–H groups in total. The van der Waals surface area contributed by atoms with E-state index >= 15 is 0 Å². The molecule has 0 fully saturated rings. The maximum absolute atomic E-state index is 12.3. The lowest BCUT2D eigenvalue weighted by Crippen LogP contribution is -2.15. The van der Waals surface area contributed by atoms with Gasteiger partial charge in [0.05, 0.1) is 12.9 Å². The summed E-state index contributed by atoms with van der Waals surface area (Å²) in [6.45, 7) is 2.74. The van der Waals surface area contributed by atoms with Gasteiger partial charge in [-0.3, -0.25) is 4.79 Å². The topological polar surface area (TPSA) is 72.3 Å². The molecule has 0 aliphatic carbocycles. The van der Waals surface area contributed by atoms with E-state index in [4.69, 9.17) is 4.74 Å². The van der Waals surface area contributed by atoms with Crippen LogP contribution in [0.4, 0.5) is 11.4 Å². The zero-order chi connectivity index (χ0) is 20.8. The summed E-state index contributed by atoms with van der Waals surface area (Å²) in [5, 5.41) is 12.2. The van der Waals surface area contributed by atoms with Crippen LogP contribution in [0.3, 0.4) is 0 Å². The van der Waals surface area contributed by atoms with Crippen molar-refractivity contribution in [2.75, 3.05) is 37.2 Å². The molecule has 29 heavy (non-hydrogen) atoms. The molecule has 0 spiro atoms. The zero-order valence-corrected chi connectivity index (χ0v) is 17.9. The number of hydrogen-bond donors (Lipinski definition) is 1. The van der Waals surface area contributed by atoms with Crippen molar-refractivity contribution < 1.29 is 9.53 Å². The molecule has 1 heterocycles. The molecular weight excluding hydrogens is 386 g/mol. The maximum atomic E-state index is 12.3. The number of methoxy groups -OCH3 is 1. The van der Waals surface area contributed by atoms with Crippen LogP contribution in [0, 0.1) is 0 Å². The van der Waals surface area contributed by atoms with Gasteiger partial charge in [-0.2, -0.15) is 0 Å². The molecule has 0 bridgehead atoms. The van der Waals surface area contributed by atoms with Gasteiger partial charge < -0.3 is 19.5 Å². The van der Waals surface area contributed by atoms with Gasteiger partial charge in [0.1, 0.15) is 5.75 Å². The van der Waals surface area contributed by atoms with Crippen molar-refractivity contribution in [2.24, 2.45) is 0 Å². The number of hydrogen-bond acceptors (Lipinski definition) is 6. The first-order valence-corrected chi connectivity index (χ1v) is 10.3. The van der Waals surface area contributed by atoms with Gasteiger partial charge in [-0.05, 0) is 43.3 Å². The Morgan fingerprint density at radius 2 is 1.93 bits per heavy atom. The Morgan fingerprint density at radius 3 is 2.59 bits per heavy atom. The molecule has 0 radical (unpaired) electrons. The van der Waals surface area contributed by atoms with Crippen LogP contribution >= 0.6 is 11.8 Å². The number of nitrogens with zero attached hydrogens (tertiary/aromatic N) is 4. The average Bonchev–Trinajstić information content (AvgIpc) is 3.15. The molecule has 0 saturated carbocycles. The maximum Gasteiger partial charge on any atom is 0.234 e. The Balaban J connectivity index is 1.66. The number of nitrogens with one attached hydrogen (secondary N) is 1. The van der Waals surface area contributed by atoms with Crippen molar-refractivity contribution in [2.45, 2.75) is 18.6 Å². The average molecular weight is 412 g/mol. The normalized spacial score (nSPS) is 10.6. The lowest BCUT2D eigenvalue weighted by atomic mass is 10.2. The molecule has 1 aromatic heterocycles. The standard InChI is InChI=1S/C21H25N5O2S/c1-5-26-20(15-7-6-8-18(13-15)28-4)23-24-21(26)29-14-19(27)22-16-9-11-17(12-10-16)25(2)3/h6-13H,5,14H2,1-4H3,(H,22,27). The number of carbonyl (C=O) groups is 1. The van der Waals surface area contributed by atoms with Crippen LogP contribution in [-0.4, -0.2) is 47.6 Å². The van der Waals surface area contributed by atoms with Gasteiger partial charge in [-0.1, -0.05) is 23.9 Å². The van der Waals surface area contributed by atoms with E-state index in [0.29, 0.717) is 11.7 Å². The van der Waals surface area contributed by atoms with Crippen LogP contribution in [0.1, 0.15) is 6.92 Å². The highest BCUT2D eigenvalue weighted by Crippen LogP contribution is 2.26. The number of rotatable bonds is 8. The number of thioether (sulfide) groups is 1. The first-order chi connectivity index (χ1) is 14.0. The first kappa shape index (κ1) is 20.7. The van der Waals surface area contributed by atoms with Crippen molar-refractivity contribution in [1.29, 1.82) is 0 Å². The molecule has 0 saturated heterocycles. The Morgan fingerprint density at radius 1 is 1.17 bits per heavy atom. The summed E-state index contributed by atoms with van der Waals surface area (Å²) >= 11 is 1.37. The second-order valence-electron chi connectivity index (χ2n) is 6.56. The molecule has 0 atom stereocenters. The van der Waals surface area contributed by atoms with E-state index in [2.05, 4.69) is 15.5 Å². The second-order valence-corrected chi connectivity index (χ2v) is 7.50.